The lowest BCUT2D eigenvalue weighted by Gasteiger charge is -2.38. The van der Waals surface area contributed by atoms with Gasteiger partial charge in [0.05, 0.1) is 16.6 Å². The van der Waals surface area contributed by atoms with E-state index in [0.29, 0.717) is 12.6 Å². The summed E-state index contributed by atoms with van der Waals surface area (Å²) >= 11 is 1.75. The molecule has 0 aromatic heterocycles. The predicted molar refractivity (Wildman–Crippen MR) is 78.7 cm³/mol. The van der Waals surface area contributed by atoms with E-state index in [9.17, 15) is 19.3 Å². The van der Waals surface area contributed by atoms with Gasteiger partial charge in [-0.05, 0) is 13.0 Å². The first-order valence-corrected chi connectivity index (χ1v) is 7.47. The van der Waals surface area contributed by atoms with E-state index in [0.717, 1.165) is 11.8 Å². The van der Waals surface area contributed by atoms with Crippen molar-refractivity contribution >= 4 is 29.1 Å². The third-order valence-corrected chi connectivity index (χ3v) is 5.02. The molecule has 21 heavy (non-hydrogen) atoms. The highest BCUT2D eigenvalue weighted by atomic mass is 32.2. The van der Waals surface area contributed by atoms with E-state index in [4.69, 9.17) is 5.11 Å². The van der Waals surface area contributed by atoms with Crippen LogP contribution < -0.4 is 4.90 Å². The molecule has 1 aromatic carbocycles. The second-order valence-corrected chi connectivity index (χ2v) is 6.38. The zero-order valence-corrected chi connectivity index (χ0v) is 12.4. The summed E-state index contributed by atoms with van der Waals surface area (Å²) in [6.45, 7) is 4.49. The number of nitrogens with zero attached hydrogens (tertiary/aromatic N) is 2. The molecular weight excluding hydrogens is 299 g/mol. The molecule has 2 rings (SSSR count). The Kier molecular flexibility index (Phi) is 4.36. The molecule has 2 atom stereocenters. The lowest BCUT2D eigenvalue weighted by Crippen LogP contribution is -2.45. The summed E-state index contributed by atoms with van der Waals surface area (Å²) in [6, 6.07) is 1.75. The summed E-state index contributed by atoms with van der Waals surface area (Å²) in [5.41, 5.74) is -0.782. The number of anilines is 1. The van der Waals surface area contributed by atoms with Gasteiger partial charge in [-0.2, -0.15) is 11.8 Å². The molecule has 0 radical (unpaired) electrons. The average Bonchev–Trinajstić information content (AvgIpc) is 2.41. The number of carbonyl (C=O) groups is 1. The molecular formula is C13H15FN2O4S. The molecule has 0 bridgehead atoms. The number of hydrogen-bond donors (Lipinski definition) is 1. The van der Waals surface area contributed by atoms with Gasteiger partial charge in [0.1, 0.15) is 11.5 Å². The Morgan fingerprint density at radius 1 is 1.52 bits per heavy atom. The fraction of sp³-hybridized carbons (Fsp3) is 0.462. The van der Waals surface area contributed by atoms with E-state index < -0.39 is 28.0 Å². The van der Waals surface area contributed by atoms with Crippen molar-refractivity contribution < 1.29 is 19.2 Å². The van der Waals surface area contributed by atoms with Crippen LogP contribution in [0.2, 0.25) is 0 Å². The van der Waals surface area contributed by atoms with Crippen LogP contribution in [0.5, 0.6) is 0 Å². The monoisotopic (exact) mass is 314 g/mol. The first kappa shape index (κ1) is 15.6. The lowest BCUT2D eigenvalue weighted by molar-refractivity contribution is -0.384. The first-order chi connectivity index (χ1) is 9.82. The number of thioether (sulfide) groups is 1. The van der Waals surface area contributed by atoms with Gasteiger partial charge in [-0.3, -0.25) is 10.1 Å². The van der Waals surface area contributed by atoms with Crippen molar-refractivity contribution in [2.75, 3.05) is 17.2 Å². The van der Waals surface area contributed by atoms with Gasteiger partial charge >= 0.3 is 5.97 Å². The van der Waals surface area contributed by atoms with E-state index in [2.05, 4.69) is 0 Å². The van der Waals surface area contributed by atoms with Crippen molar-refractivity contribution in [3.05, 3.63) is 33.6 Å². The number of carboxylic acids is 1. The highest BCUT2D eigenvalue weighted by molar-refractivity contribution is 8.00. The number of benzene rings is 1. The molecule has 0 spiro atoms. The zero-order valence-electron chi connectivity index (χ0n) is 11.6. The zero-order chi connectivity index (χ0) is 15.7. The summed E-state index contributed by atoms with van der Waals surface area (Å²) in [4.78, 5) is 23.3. The number of nitro benzene ring substituents is 1. The van der Waals surface area contributed by atoms with Crippen LogP contribution in [-0.2, 0) is 0 Å². The Bertz CT molecular complexity index is 596. The maximum absolute atomic E-state index is 13.7. The van der Waals surface area contributed by atoms with Gasteiger partial charge in [0.2, 0.25) is 0 Å². The van der Waals surface area contributed by atoms with Crippen molar-refractivity contribution in [3.8, 4) is 0 Å². The fourth-order valence-electron chi connectivity index (χ4n) is 2.36. The molecule has 114 valence electrons. The smallest absolute Gasteiger partial charge is 0.338 e. The van der Waals surface area contributed by atoms with Crippen LogP contribution in [0, 0.1) is 15.9 Å². The fourth-order valence-corrected chi connectivity index (χ4v) is 3.46. The second kappa shape index (κ2) is 5.88. The van der Waals surface area contributed by atoms with Gasteiger partial charge in [-0.1, -0.05) is 6.92 Å². The molecule has 1 aliphatic heterocycles. The van der Waals surface area contributed by atoms with E-state index >= 15 is 0 Å². The van der Waals surface area contributed by atoms with Crippen molar-refractivity contribution in [1.29, 1.82) is 0 Å². The quantitative estimate of drug-likeness (QED) is 0.682. The molecule has 1 heterocycles. The van der Waals surface area contributed by atoms with Gasteiger partial charge in [-0.15, -0.1) is 0 Å². The number of rotatable bonds is 3. The molecule has 1 aliphatic rings. The van der Waals surface area contributed by atoms with Gasteiger partial charge < -0.3 is 10.0 Å². The minimum Gasteiger partial charge on any atom is -0.478 e. The summed E-state index contributed by atoms with van der Waals surface area (Å²) in [7, 11) is 0. The molecule has 1 N–H and O–H groups in total. The average molecular weight is 314 g/mol. The van der Waals surface area contributed by atoms with Crippen LogP contribution in [0.4, 0.5) is 15.8 Å². The molecule has 2 unspecified atom stereocenters. The number of hydrogen-bond acceptors (Lipinski definition) is 5. The number of carboxylic acid groups (broad SMARTS) is 1. The minimum absolute atomic E-state index is 0.00504. The van der Waals surface area contributed by atoms with Crippen LogP contribution in [0.15, 0.2) is 12.1 Å². The van der Waals surface area contributed by atoms with Crippen LogP contribution in [0.3, 0.4) is 0 Å². The Morgan fingerprint density at radius 3 is 2.76 bits per heavy atom. The Morgan fingerprint density at radius 2 is 2.19 bits per heavy atom. The van der Waals surface area contributed by atoms with Crippen LogP contribution in [-0.4, -0.2) is 39.6 Å². The molecule has 1 saturated heterocycles. The summed E-state index contributed by atoms with van der Waals surface area (Å²) in [6.07, 6.45) is 0. The minimum atomic E-state index is -1.43. The summed E-state index contributed by atoms with van der Waals surface area (Å²) in [5.74, 6) is -1.75. The third kappa shape index (κ3) is 2.94. The molecule has 0 aliphatic carbocycles. The number of nitro groups is 1. The normalized spacial score (nSPS) is 22.1. The van der Waals surface area contributed by atoms with E-state index in [-0.39, 0.29) is 17.0 Å². The van der Waals surface area contributed by atoms with Crippen molar-refractivity contribution in [3.63, 3.8) is 0 Å². The van der Waals surface area contributed by atoms with Gasteiger partial charge in [0, 0.05) is 23.6 Å². The highest BCUT2D eigenvalue weighted by Gasteiger charge is 2.32. The summed E-state index contributed by atoms with van der Waals surface area (Å²) < 4.78 is 13.7. The molecule has 8 heteroatoms. The van der Waals surface area contributed by atoms with Gasteiger partial charge in [0.15, 0.2) is 0 Å². The van der Waals surface area contributed by atoms with Gasteiger partial charge in [-0.25, -0.2) is 9.18 Å². The van der Waals surface area contributed by atoms with Gasteiger partial charge in [0.25, 0.3) is 5.69 Å². The van der Waals surface area contributed by atoms with Crippen molar-refractivity contribution in [2.24, 2.45) is 0 Å². The van der Waals surface area contributed by atoms with Crippen molar-refractivity contribution in [1.82, 2.24) is 0 Å². The molecule has 0 amide bonds. The van der Waals surface area contributed by atoms with Crippen LogP contribution >= 0.6 is 11.8 Å². The molecule has 6 nitrogen and oxygen atoms in total. The standard InChI is InChI=1S/C13H15FN2O4S/c1-7-8(2)21-4-3-15(7)11-5-9(13(17)18)10(14)6-12(11)16(19)20/h5-8H,3-4H2,1-2H3,(H,17,18). The SMILES string of the molecule is CC1SCCN(c2cc(C(=O)O)c(F)cc2[N+](=O)[O-])C1C. The largest absolute Gasteiger partial charge is 0.478 e. The molecule has 1 aromatic rings. The summed E-state index contributed by atoms with van der Waals surface area (Å²) in [5, 5.41) is 20.4. The lowest BCUT2D eigenvalue weighted by atomic mass is 10.1. The highest BCUT2D eigenvalue weighted by Crippen LogP contribution is 2.36. The predicted octanol–water partition coefficient (Wildman–Crippen LogP) is 2.76. The maximum atomic E-state index is 13.7. The molecule has 0 saturated carbocycles. The second-order valence-electron chi connectivity index (χ2n) is 4.89. The third-order valence-electron chi connectivity index (χ3n) is 3.68. The number of aromatic carboxylic acids is 1. The van der Waals surface area contributed by atoms with E-state index in [1.54, 1.807) is 16.7 Å². The van der Waals surface area contributed by atoms with E-state index in [1.165, 1.54) is 0 Å². The Hall–Kier alpha value is -1.83. The maximum Gasteiger partial charge on any atom is 0.338 e. The van der Waals surface area contributed by atoms with Crippen LogP contribution in [0.1, 0.15) is 24.2 Å². The number of halogens is 1. The molecule has 1 fully saturated rings. The van der Waals surface area contributed by atoms with E-state index in [1.807, 2.05) is 13.8 Å². The van der Waals surface area contributed by atoms with Crippen LogP contribution in [0.25, 0.3) is 0 Å². The first-order valence-electron chi connectivity index (χ1n) is 6.42. The van der Waals surface area contributed by atoms with Crippen molar-refractivity contribution in [2.45, 2.75) is 25.1 Å². The Balaban J connectivity index is 2.56. The topological polar surface area (TPSA) is 83.7 Å². The Labute approximate surface area is 125 Å².